The maximum absolute atomic E-state index is 12.9. The molecule has 0 aromatic carbocycles. The Morgan fingerprint density at radius 3 is 1.60 bits per heavy atom. The number of rotatable bonds is 44. The van der Waals surface area contributed by atoms with Crippen LogP contribution in [0.15, 0.2) is 36.5 Å². The van der Waals surface area contributed by atoms with Gasteiger partial charge >= 0.3 is 16.4 Å². The van der Waals surface area contributed by atoms with Gasteiger partial charge in [-0.05, 0) is 44.9 Å². The Morgan fingerprint density at radius 2 is 1.10 bits per heavy atom. The van der Waals surface area contributed by atoms with Crippen molar-refractivity contribution in [2.24, 2.45) is 0 Å². The first-order valence-electron chi connectivity index (χ1n) is 25.2. The van der Waals surface area contributed by atoms with Gasteiger partial charge in [-0.15, -0.1) is 0 Å². The monoisotopic (exact) mass is 917 g/mol. The van der Waals surface area contributed by atoms with E-state index in [9.17, 15) is 33.1 Å². The van der Waals surface area contributed by atoms with Crippen LogP contribution in [0, 0.1) is 0 Å². The van der Waals surface area contributed by atoms with Gasteiger partial charge in [0.2, 0.25) is 0 Å². The van der Waals surface area contributed by atoms with Crippen LogP contribution in [0.4, 0.5) is 0 Å². The molecule has 0 aliphatic carbocycles. The highest BCUT2D eigenvalue weighted by atomic mass is 32.3. The third-order valence-electron chi connectivity index (χ3n) is 11.5. The summed E-state index contributed by atoms with van der Waals surface area (Å²) in [5.41, 5.74) is 0. The van der Waals surface area contributed by atoms with E-state index in [0.29, 0.717) is 13.0 Å². The second-order valence-corrected chi connectivity index (χ2v) is 18.4. The van der Waals surface area contributed by atoms with Crippen LogP contribution in [0.1, 0.15) is 213 Å². The lowest BCUT2D eigenvalue weighted by atomic mass is 9.99. The van der Waals surface area contributed by atoms with Crippen LogP contribution in [-0.4, -0.2) is 97.5 Å². The molecule has 0 bridgehead atoms. The molecule has 1 aliphatic rings. The van der Waals surface area contributed by atoms with E-state index in [-0.39, 0.29) is 19.6 Å². The predicted octanol–water partition coefficient (Wildman–Crippen LogP) is 11.4. The second-order valence-electron chi connectivity index (χ2n) is 17.4. The van der Waals surface area contributed by atoms with Gasteiger partial charge in [0.25, 0.3) is 0 Å². The summed E-state index contributed by atoms with van der Waals surface area (Å²) in [5.74, 6) is -0.413. The number of aliphatic hydroxyl groups is 3. The van der Waals surface area contributed by atoms with Crippen molar-refractivity contribution in [3.05, 3.63) is 36.5 Å². The van der Waals surface area contributed by atoms with Crippen LogP contribution < -0.4 is 0 Å². The second kappa shape index (κ2) is 41.7. The first-order valence-corrected chi connectivity index (χ1v) is 26.6. The van der Waals surface area contributed by atoms with E-state index in [1.807, 2.05) is 0 Å². The Balaban J connectivity index is 2.35. The van der Waals surface area contributed by atoms with E-state index in [1.54, 1.807) is 0 Å². The highest BCUT2D eigenvalue weighted by Gasteiger charge is 2.48. The molecule has 4 N–H and O–H groups in total. The molecule has 0 spiro atoms. The summed E-state index contributed by atoms with van der Waals surface area (Å²) in [6, 6.07) is 0. The number of carbonyl (C=O) groups is 1. The third kappa shape index (κ3) is 35.2. The number of aliphatic hydroxyl groups excluding tert-OH is 3. The van der Waals surface area contributed by atoms with E-state index in [0.717, 1.165) is 70.6 Å². The van der Waals surface area contributed by atoms with Crippen LogP contribution >= 0.6 is 0 Å². The first-order chi connectivity index (χ1) is 30.6. The van der Waals surface area contributed by atoms with E-state index < -0.39 is 59.8 Å². The van der Waals surface area contributed by atoms with Gasteiger partial charge in [-0.1, -0.05) is 198 Å². The standard InChI is InChI=1S/C50H92O12S/c1-3-5-7-9-11-13-15-17-19-20-21-22-23-24-26-28-30-32-34-36-38-40-58-42-44(43-59-50-48(54)49(62-63(55,56)57)47(53)45(41-51)61-50)60-46(52)39-37-35-33-31-29-27-25-18-16-14-12-10-8-6-4-2/h6,8,12,14,18,25,44-45,47-51,53-54H,3-5,7,9-11,13,15-17,19-24,26-43H2,1-2H3,(H,55,56,57)/b8-6-,14-12-,25-18-. The first kappa shape index (κ1) is 59.3. The highest BCUT2D eigenvalue weighted by molar-refractivity contribution is 7.80. The van der Waals surface area contributed by atoms with Gasteiger partial charge in [0.05, 0.1) is 19.8 Å². The van der Waals surface area contributed by atoms with Crippen LogP contribution in [0.25, 0.3) is 0 Å². The van der Waals surface area contributed by atoms with Gasteiger partial charge in [0, 0.05) is 13.0 Å². The van der Waals surface area contributed by atoms with Gasteiger partial charge < -0.3 is 34.3 Å². The van der Waals surface area contributed by atoms with E-state index >= 15 is 0 Å². The van der Waals surface area contributed by atoms with E-state index in [4.69, 9.17) is 18.9 Å². The highest BCUT2D eigenvalue weighted by Crippen LogP contribution is 2.26. The van der Waals surface area contributed by atoms with Crippen LogP contribution in [0.3, 0.4) is 0 Å². The molecule has 12 nitrogen and oxygen atoms in total. The zero-order valence-electron chi connectivity index (χ0n) is 39.6. The lowest BCUT2D eigenvalue weighted by Crippen LogP contribution is -2.60. The van der Waals surface area contributed by atoms with Gasteiger partial charge in [-0.2, -0.15) is 8.42 Å². The SMILES string of the molecule is CC/C=C\C/C=C\C/C=C\CCCCCCCC(=O)OC(COCCCCCCCCCCCCCCCCCCCCCCC)COC1OC(CO)C(O)C(OS(=O)(=O)O)C1O. The van der Waals surface area contributed by atoms with Gasteiger partial charge in [0.15, 0.2) is 6.29 Å². The Morgan fingerprint density at radius 1 is 0.619 bits per heavy atom. The maximum Gasteiger partial charge on any atom is 0.397 e. The van der Waals surface area contributed by atoms with Crippen molar-refractivity contribution < 1.29 is 56.2 Å². The van der Waals surface area contributed by atoms with Crippen LogP contribution in [-0.2, 0) is 38.3 Å². The summed E-state index contributed by atoms with van der Waals surface area (Å²) in [4.78, 5) is 12.9. The van der Waals surface area contributed by atoms with Crippen molar-refractivity contribution in [2.45, 2.75) is 250 Å². The van der Waals surface area contributed by atoms with Gasteiger partial charge in [-0.3, -0.25) is 9.35 Å². The quantitative estimate of drug-likeness (QED) is 0.0197. The molecule has 6 unspecified atom stereocenters. The zero-order chi connectivity index (χ0) is 46.1. The number of ether oxygens (including phenoxy) is 4. The molecule has 1 aliphatic heterocycles. The fraction of sp³-hybridized carbons (Fsp3) is 0.860. The summed E-state index contributed by atoms with van der Waals surface area (Å²) in [7, 11) is -5.06. The minimum Gasteiger partial charge on any atom is -0.457 e. The zero-order valence-corrected chi connectivity index (χ0v) is 40.5. The molecule has 1 heterocycles. The topological polar surface area (TPSA) is 178 Å². The molecule has 0 saturated carbocycles. The molecule has 0 radical (unpaired) electrons. The molecule has 13 heteroatoms. The number of hydrogen-bond donors (Lipinski definition) is 4. The Hall–Kier alpha value is -1.68. The van der Waals surface area contributed by atoms with Crippen molar-refractivity contribution >= 4 is 16.4 Å². The summed E-state index contributed by atoms with van der Waals surface area (Å²) in [5, 5.41) is 30.7. The largest absolute Gasteiger partial charge is 0.457 e. The summed E-state index contributed by atoms with van der Waals surface area (Å²) < 4.78 is 59.2. The number of allylic oxidation sites excluding steroid dienone is 6. The lowest BCUT2D eigenvalue weighted by molar-refractivity contribution is -0.301. The smallest absolute Gasteiger partial charge is 0.397 e. The molecule has 1 rings (SSSR count). The fourth-order valence-corrected chi connectivity index (χ4v) is 8.26. The molecule has 63 heavy (non-hydrogen) atoms. The Bertz CT molecular complexity index is 1240. The molecule has 0 amide bonds. The van der Waals surface area contributed by atoms with Crippen LogP contribution in [0.5, 0.6) is 0 Å². The molecular weight excluding hydrogens is 825 g/mol. The summed E-state index contributed by atoms with van der Waals surface area (Å²) in [6.45, 7) is 3.89. The van der Waals surface area contributed by atoms with Crippen molar-refractivity contribution in [3.63, 3.8) is 0 Å². The number of hydrogen-bond acceptors (Lipinski definition) is 11. The third-order valence-corrected chi connectivity index (χ3v) is 12.0. The molecular formula is C50H92O12S. The molecule has 1 saturated heterocycles. The number of esters is 1. The minimum absolute atomic E-state index is 0.0317. The Kier molecular flexibility index (Phi) is 39.3. The van der Waals surface area contributed by atoms with E-state index in [1.165, 1.54) is 116 Å². The van der Waals surface area contributed by atoms with Crippen molar-refractivity contribution in [1.29, 1.82) is 0 Å². The average molecular weight is 917 g/mol. The summed E-state index contributed by atoms with van der Waals surface area (Å²) >= 11 is 0. The minimum atomic E-state index is -5.06. The molecule has 1 fully saturated rings. The van der Waals surface area contributed by atoms with Gasteiger partial charge in [-0.25, -0.2) is 4.18 Å². The normalized spacial score (nSPS) is 20.1. The average Bonchev–Trinajstić information content (AvgIpc) is 3.26. The molecule has 0 aromatic rings. The molecule has 0 aromatic heterocycles. The number of unbranched alkanes of at least 4 members (excludes halogenated alkanes) is 25. The fourth-order valence-electron chi connectivity index (χ4n) is 7.75. The predicted molar refractivity (Wildman–Crippen MR) is 253 cm³/mol. The molecule has 6 atom stereocenters. The molecule has 370 valence electrons. The summed E-state index contributed by atoms with van der Waals surface area (Å²) in [6.07, 6.45) is 40.4. The number of carbonyl (C=O) groups excluding carboxylic acids is 1. The van der Waals surface area contributed by atoms with E-state index in [2.05, 4.69) is 54.5 Å². The Labute approximate surface area is 383 Å². The van der Waals surface area contributed by atoms with Crippen molar-refractivity contribution in [3.8, 4) is 0 Å². The van der Waals surface area contributed by atoms with Crippen molar-refractivity contribution in [2.75, 3.05) is 26.4 Å². The van der Waals surface area contributed by atoms with Gasteiger partial charge in [0.1, 0.15) is 30.5 Å². The maximum atomic E-state index is 12.9. The lowest BCUT2D eigenvalue weighted by Gasteiger charge is -2.41. The van der Waals surface area contributed by atoms with Crippen LogP contribution in [0.2, 0.25) is 0 Å². The van der Waals surface area contributed by atoms with Crippen molar-refractivity contribution in [1.82, 2.24) is 0 Å².